The first-order valence-electron chi connectivity index (χ1n) is 31.1. The van der Waals surface area contributed by atoms with Gasteiger partial charge in [0, 0.05) is 45.7 Å². The van der Waals surface area contributed by atoms with Crippen LogP contribution in [0.5, 0.6) is 0 Å². The van der Waals surface area contributed by atoms with Crippen LogP contribution >= 0.6 is 0 Å². The predicted molar refractivity (Wildman–Crippen MR) is 346 cm³/mol. The number of nitrogens with two attached hydrogens (primary N) is 6. The molecule has 26 N–H and O–H groups in total. The number of amides is 13. The van der Waals surface area contributed by atoms with Crippen LogP contribution in [0.15, 0.2) is 40.3 Å². The summed E-state index contributed by atoms with van der Waals surface area (Å²) in [6, 6.07) is -7.38. The van der Waals surface area contributed by atoms with Crippen LogP contribution in [0.1, 0.15) is 131 Å². The maximum atomic E-state index is 14.5. The molecule has 0 saturated carbocycles. The van der Waals surface area contributed by atoms with E-state index in [1.54, 1.807) is 51.1 Å². The molecule has 1 aromatic carbocycles. The van der Waals surface area contributed by atoms with Gasteiger partial charge in [-0.3, -0.25) is 86.7 Å². The van der Waals surface area contributed by atoms with Crippen molar-refractivity contribution in [3.8, 4) is 0 Å². The summed E-state index contributed by atoms with van der Waals surface area (Å²) in [6.45, 7) is 7.88. The smallest absolute Gasteiger partial charge is 0.305 e. The summed E-state index contributed by atoms with van der Waals surface area (Å²) in [5.74, 6) is -19.4. The Bertz CT molecular complexity index is 2980. The Balaban J connectivity index is 3.62. The van der Waals surface area contributed by atoms with Gasteiger partial charge in [-0.2, -0.15) is 0 Å². The van der Waals surface area contributed by atoms with Gasteiger partial charge in [-0.15, -0.1) is 0 Å². The topological polar surface area (TPSA) is 647 Å². The Labute approximate surface area is 559 Å². The van der Waals surface area contributed by atoms with Gasteiger partial charge in [0.1, 0.15) is 60.4 Å². The fraction of sp³-hybridized carbons (Fsp3) is 0.593. The number of aliphatic carboxylic acids is 3. The summed E-state index contributed by atoms with van der Waals surface area (Å²) >= 11 is 0. The van der Waals surface area contributed by atoms with E-state index >= 15 is 0 Å². The number of hydrogen-bond donors (Lipinski definition) is 20. The van der Waals surface area contributed by atoms with Crippen molar-refractivity contribution < 1.29 is 92.0 Å². The number of nitrogens with one attached hydrogen (secondary N) is 11. The van der Waals surface area contributed by atoms with E-state index in [4.69, 9.17) is 34.4 Å². The maximum Gasteiger partial charge on any atom is 0.305 e. The third kappa shape index (κ3) is 34.3. The minimum absolute atomic E-state index is 0.0199. The molecule has 38 nitrogen and oxygen atoms in total. The van der Waals surface area contributed by atoms with E-state index in [1.807, 2.05) is 0 Å². The average Bonchev–Trinajstić information content (AvgIpc) is 0.900. The third-order valence-corrected chi connectivity index (χ3v) is 14.8. The van der Waals surface area contributed by atoms with Crippen molar-refractivity contribution in [2.24, 2.45) is 56.2 Å². The molecule has 0 saturated heterocycles. The molecule has 97 heavy (non-hydrogen) atoms. The van der Waals surface area contributed by atoms with E-state index < -0.39 is 213 Å². The number of benzene rings is 1. The van der Waals surface area contributed by atoms with Crippen molar-refractivity contribution in [2.45, 2.75) is 192 Å². The largest absolute Gasteiger partial charge is 0.481 e. The van der Waals surface area contributed by atoms with Crippen LogP contribution < -0.4 is 92.9 Å². The van der Waals surface area contributed by atoms with Gasteiger partial charge in [-0.25, -0.2) is 0 Å². The average molecular weight is 1370 g/mol. The minimum Gasteiger partial charge on any atom is -0.481 e. The van der Waals surface area contributed by atoms with Gasteiger partial charge < -0.3 is 108 Å². The summed E-state index contributed by atoms with van der Waals surface area (Å²) in [4.78, 5) is 218. The molecule has 0 aliphatic carbocycles. The number of carbonyl (C=O) groups excluding carboxylic acids is 13. The molecule has 12 atom stereocenters. The summed E-state index contributed by atoms with van der Waals surface area (Å²) in [7, 11) is 0. The Morgan fingerprint density at radius 3 is 1.22 bits per heavy atom. The second-order valence-corrected chi connectivity index (χ2v) is 22.8. The number of hydrogen-bond acceptors (Lipinski definition) is 18. The summed E-state index contributed by atoms with van der Waals surface area (Å²) in [5, 5.41) is 55.0. The zero-order valence-corrected chi connectivity index (χ0v) is 55.1. The fourth-order valence-electron chi connectivity index (χ4n) is 9.06. The molecule has 1 aromatic rings. The van der Waals surface area contributed by atoms with Crippen LogP contribution in [0, 0.1) is 11.8 Å². The van der Waals surface area contributed by atoms with E-state index in [2.05, 4.69) is 68.5 Å². The van der Waals surface area contributed by atoms with Gasteiger partial charge in [0.05, 0.1) is 13.0 Å². The maximum absolute atomic E-state index is 14.5. The van der Waals surface area contributed by atoms with Crippen LogP contribution in [-0.2, 0) is 83.1 Å². The predicted octanol–water partition coefficient (Wildman–Crippen LogP) is -6.61. The van der Waals surface area contributed by atoms with Gasteiger partial charge >= 0.3 is 17.9 Å². The molecule has 0 aliphatic rings. The van der Waals surface area contributed by atoms with Crippen molar-refractivity contribution in [1.82, 2.24) is 58.5 Å². The zero-order valence-electron chi connectivity index (χ0n) is 55.1. The molecule has 540 valence electrons. The van der Waals surface area contributed by atoms with E-state index in [0.717, 1.165) is 0 Å². The van der Waals surface area contributed by atoms with Crippen molar-refractivity contribution in [2.75, 3.05) is 19.6 Å². The second kappa shape index (κ2) is 44.0. The number of carbonyl (C=O) groups is 16. The lowest BCUT2D eigenvalue weighted by Crippen LogP contribution is -2.60. The summed E-state index contributed by atoms with van der Waals surface area (Å²) < 4.78 is 0. The van der Waals surface area contributed by atoms with Crippen molar-refractivity contribution >= 4 is 107 Å². The molecule has 0 bridgehead atoms. The molecule has 1 rings (SSSR count). The standard InChI is InChI=1S/C59H95N19O19/c1-7-29(3)46(56(96)68-28-42(81)71-40(27-45(86)87)55(95)76-38(20-23-44(84)85)53(93)77-39(48(61)88)26-33-14-10-9-11-15-33)78-54(94)35(17-13-25-67-59(64)65)74-50(90)34(16-12-24-66-58(62)63)73-52(92)37(19-22-43(82)83)75-51(91)36(18-21-41(60)80)72-49(89)31(5)69-57(97)47(30(4)8-2)70-32(6)79/h9-11,14-15,29-31,34-40,46-47H,7-8,12-13,16-28H2,1-6H3,(H2,60,80)(H2,61,88)(H,68,96)(H,69,97)(H,70,79)(H,71,81)(H,72,89)(H,73,92)(H,74,90)(H,75,91)(H,76,95)(H,77,93)(H,78,94)(H,82,83)(H,84,85)(H,86,87)(H4,62,63,66)(H4,64,65,67)/t29-,30-,31-,34-,35-,36-,37-,38-,39-,40-,46-,47-/m0/s1. The summed E-state index contributed by atoms with van der Waals surface area (Å²) in [6.07, 6.45) is -4.85. The minimum atomic E-state index is -1.96. The molecule has 0 unspecified atom stereocenters. The van der Waals surface area contributed by atoms with Gasteiger partial charge in [-0.05, 0) is 69.3 Å². The number of aliphatic imine (C=N–C) groups is 2. The van der Waals surface area contributed by atoms with E-state index in [1.165, 1.54) is 20.8 Å². The molecule has 0 aromatic heterocycles. The van der Waals surface area contributed by atoms with E-state index in [9.17, 15) is 92.0 Å². The number of carboxylic acid groups (broad SMARTS) is 3. The first-order chi connectivity index (χ1) is 45.5. The number of rotatable bonds is 47. The highest BCUT2D eigenvalue weighted by atomic mass is 16.4. The molecule has 0 radical (unpaired) electrons. The van der Waals surface area contributed by atoms with Crippen LogP contribution in [0.3, 0.4) is 0 Å². The fourth-order valence-corrected chi connectivity index (χ4v) is 9.06. The number of nitrogens with zero attached hydrogens (tertiary/aromatic N) is 2. The quantitative estimate of drug-likeness (QED) is 0.0164. The normalized spacial score (nSPS) is 14.5. The lowest BCUT2D eigenvalue weighted by molar-refractivity contribution is -0.141. The summed E-state index contributed by atoms with van der Waals surface area (Å²) in [5.41, 5.74) is 33.5. The van der Waals surface area contributed by atoms with Gasteiger partial charge in [0.2, 0.25) is 76.8 Å². The van der Waals surface area contributed by atoms with Crippen LogP contribution in [0.25, 0.3) is 0 Å². The van der Waals surface area contributed by atoms with Crippen LogP contribution in [0.4, 0.5) is 0 Å². The van der Waals surface area contributed by atoms with Crippen molar-refractivity contribution in [1.29, 1.82) is 0 Å². The highest BCUT2D eigenvalue weighted by molar-refractivity contribution is 6.00. The monoisotopic (exact) mass is 1370 g/mol. The van der Waals surface area contributed by atoms with Crippen molar-refractivity contribution in [3.63, 3.8) is 0 Å². The Morgan fingerprint density at radius 1 is 0.433 bits per heavy atom. The Hall–Kier alpha value is -10.7. The lowest BCUT2D eigenvalue weighted by atomic mass is 9.97. The van der Waals surface area contributed by atoms with E-state index in [-0.39, 0.29) is 69.5 Å². The van der Waals surface area contributed by atoms with Gasteiger partial charge in [0.15, 0.2) is 11.9 Å². The number of carboxylic acids is 3. The van der Waals surface area contributed by atoms with Gasteiger partial charge in [-0.1, -0.05) is 70.9 Å². The molecule has 0 aliphatic heterocycles. The van der Waals surface area contributed by atoms with E-state index in [0.29, 0.717) is 12.0 Å². The second-order valence-electron chi connectivity index (χ2n) is 22.8. The first kappa shape index (κ1) is 84.3. The van der Waals surface area contributed by atoms with Crippen molar-refractivity contribution in [3.05, 3.63) is 35.9 Å². The number of guanidine groups is 2. The number of primary amides is 2. The lowest BCUT2D eigenvalue weighted by Gasteiger charge is -2.28. The molecule has 0 fully saturated rings. The first-order valence-corrected chi connectivity index (χ1v) is 31.1. The molecular formula is C59H95N19O19. The molecule has 38 heteroatoms. The molecule has 13 amide bonds. The highest BCUT2D eigenvalue weighted by Gasteiger charge is 2.37. The SMILES string of the molecule is CC[C@H](C)[C@H](NC(C)=O)C(=O)N[C@@H](C)C(=O)N[C@@H](CCC(N)=O)C(=O)N[C@@H](CCC(=O)O)C(=O)N[C@@H](CCCN=C(N)N)C(=O)N[C@@H](CCCN=C(N)N)C(=O)N[C@H](C(=O)NCC(=O)N[C@@H](CC(=O)O)C(=O)N[C@@H](CCC(=O)O)C(=O)N[C@@H](Cc1ccccc1)C(N)=O)[C@@H](C)CC. The Kier molecular flexibility index (Phi) is 38.3. The zero-order chi connectivity index (χ0) is 73.6. The van der Waals surface area contributed by atoms with Crippen LogP contribution in [-0.4, -0.2) is 202 Å². The highest BCUT2D eigenvalue weighted by Crippen LogP contribution is 2.14. The third-order valence-electron chi connectivity index (χ3n) is 14.8. The van der Waals surface area contributed by atoms with Crippen LogP contribution in [0.2, 0.25) is 0 Å². The molecule has 0 spiro atoms. The van der Waals surface area contributed by atoms with Gasteiger partial charge in [0.25, 0.3) is 0 Å². The molecule has 0 heterocycles. The Morgan fingerprint density at radius 2 is 0.825 bits per heavy atom. The molecular weight excluding hydrogens is 1280 g/mol.